The number of pyridine rings is 1. The van der Waals surface area contributed by atoms with E-state index in [0.717, 1.165) is 93.7 Å². The molecule has 5 nitrogen and oxygen atoms in total. The third-order valence-electron chi connectivity index (χ3n) is 10.6. The molecule has 0 N–H and O–H groups in total. The average molecular weight is 679 g/mol. The van der Waals surface area contributed by atoms with E-state index >= 15 is 0 Å². The van der Waals surface area contributed by atoms with Crippen LogP contribution in [0, 0.1) is 6.92 Å². The first kappa shape index (κ1) is 29.6. The number of aromatic nitrogens is 4. The molecule has 4 aromatic heterocycles. The van der Waals surface area contributed by atoms with Crippen molar-refractivity contribution in [1.29, 1.82) is 0 Å². The maximum atomic E-state index is 6.20. The number of benzene rings is 7. The van der Waals surface area contributed by atoms with Crippen molar-refractivity contribution in [3.8, 4) is 39.6 Å². The van der Waals surface area contributed by atoms with E-state index in [1.807, 2.05) is 30.5 Å². The Labute approximate surface area is 304 Å². The largest absolute Gasteiger partial charge is 0.456 e. The Morgan fingerprint density at radius 3 is 1.94 bits per heavy atom. The van der Waals surface area contributed by atoms with E-state index in [-0.39, 0.29) is 0 Å². The van der Waals surface area contributed by atoms with E-state index in [1.165, 1.54) is 10.9 Å². The Morgan fingerprint density at radius 1 is 0.491 bits per heavy atom. The van der Waals surface area contributed by atoms with Crippen LogP contribution in [0.1, 0.15) is 5.56 Å². The summed E-state index contributed by atoms with van der Waals surface area (Å²) in [4.78, 5) is 15.5. The fourth-order valence-corrected chi connectivity index (χ4v) is 8.07. The molecular weight excluding hydrogens is 649 g/mol. The summed E-state index contributed by atoms with van der Waals surface area (Å²) in [6.07, 6.45) is 1.92. The van der Waals surface area contributed by atoms with Gasteiger partial charge >= 0.3 is 0 Å². The van der Waals surface area contributed by atoms with Crippen molar-refractivity contribution in [3.05, 3.63) is 169 Å². The zero-order valence-electron chi connectivity index (χ0n) is 28.8. The average Bonchev–Trinajstić information content (AvgIpc) is 3.75. The number of hydrogen-bond donors (Lipinski definition) is 0. The Morgan fingerprint density at radius 2 is 1.17 bits per heavy atom. The molecule has 248 valence electrons. The van der Waals surface area contributed by atoms with Crippen LogP contribution in [-0.4, -0.2) is 19.5 Å². The van der Waals surface area contributed by atoms with E-state index in [0.29, 0.717) is 5.95 Å². The summed E-state index contributed by atoms with van der Waals surface area (Å²) in [7, 11) is 0. The molecule has 0 aliphatic heterocycles. The minimum absolute atomic E-state index is 0.631. The molecule has 0 bridgehead atoms. The van der Waals surface area contributed by atoms with Crippen LogP contribution in [-0.2, 0) is 0 Å². The second-order valence-corrected chi connectivity index (χ2v) is 13.7. The molecule has 0 aliphatic carbocycles. The van der Waals surface area contributed by atoms with E-state index in [4.69, 9.17) is 19.4 Å². The summed E-state index contributed by atoms with van der Waals surface area (Å²) in [6.45, 7) is 2.18. The predicted molar refractivity (Wildman–Crippen MR) is 218 cm³/mol. The van der Waals surface area contributed by atoms with Gasteiger partial charge in [-0.2, -0.15) is 0 Å². The molecule has 11 rings (SSSR count). The number of nitrogens with zero attached hydrogens (tertiary/aromatic N) is 4. The lowest BCUT2D eigenvalue weighted by atomic mass is 9.92. The smallest absolute Gasteiger partial charge is 0.235 e. The highest BCUT2D eigenvalue weighted by Gasteiger charge is 2.20. The molecule has 0 unspecified atom stereocenters. The maximum absolute atomic E-state index is 6.20. The molecule has 0 saturated carbocycles. The van der Waals surface area contributed by atoms with Gasteiger partial charge in [0.15, 0.2) is 0 Å². The molecule has 0 spiro atoms. The zero-order valence-corrected chi connectivity index (χ0v) is 28.8. The molecule has 0 atom stereocenters. The lowest BCUT2D eigenvalue weighted by Crippen LogP contribution is -2.04. The number of rotatable bonds is 4. The van der Waals surface area contributed by atoms with Gasteiger partial charge < -0.3 is 4.42 Å². The Hall–Kier alpha value is -7.11. The van der Waals surface area contributed by atoms with Gasteiger partial charge in [0.05, 0.1) is 27.9 Å². The van der Waals surface area contributed by atoms with Crippen molar-refractivity contribution in [2.75, 3.05) is 0 Å². The van der Waals surface area contributed by atoms with Crippen molar-refractivity contribution < 1.29 is 4.42 Å². The lowest BCUT2D eigenvalue weighted by molar-refractivity contribution is 0.669. The number of furan rings is 1. The van der Waals surface area contributed by atoms with E-state index in [1.54, 1.807) is 0 Å². The summed E-state index contributed by atoms with van der Waals surface area (Å²) in [5, 5.41) is 7.95. The highest BCUT2D eigenvalue weighted by Crippen LogP contribution is 2.42. The quantitative estimate of drug-likeness (QED) is 0.174. The molecule has 4 heterocycles. The molecule has 5 heteroatoms. The normalized spacial score (nSPS) is 11.9. The molecule has 53 heavy (non-hydrogen) atoms. The summed E-state index contributed by atoms with van der Waals surface area (Å²) < 4.78 is 8.42. The number of hydrogen-bond acceptors (Lipinski definition) is 4. The first-order valence-corrected chi connectivity index (χ1v) is 17.9. The second kappa shape index (κ2) is 11.5. The highest BCUT2D eigenvalue weighted by atomic mass is 16.3. The van der Waals surface area contributed by atoms with Crippen LogP contribution in [0.25, 0.3) is 105 Å². The van der Waals surface area contributed by atoms with Gasteiger partial charge in [0.1, 0.15) is 11.2 Å². The first-order valence-electron chi connectivity index (χ1n) is 17.9. The van der Waals surface area contributed by atoms with Gasteiger partial charge in [-0.15, -0.1) is 0 Å². The molecule has 0 saturated heterocycles. The van der Waals surface area contributed by atoms with Gasteiger partial charge in [0.25, 0.3) is 0 Å². The van der Waals surface area contributed by atoms with Gasteiger partial charge in [-0.1, -0.05) is 103 Å². The van der Waals surface area contributed by atoms with Gasteiger partial charge in [0.2, 0.25) is 5.95 Å². The van der Waals surface area contributed by atoms with Crippen LogP contribution in [0.15, 0.2) is 168 Å². The van der Waals surface area contributed by atoms with E-state index < -0.39 is 0 Å². The number of para-hydroxylation sites is 2. The van der Waals surface area contributed by atoms with Crippen LogP contribution in [0.5, 0.6) is 0 Å². The monoisotopic (exact) mass is 678 g/mol. The molecule has 11 aromatic rings. The van der Waals surface area contributed by atoms with Crippen molar-refractivity contribution in [3.63, 3.8) is 0 Å². The van der Waals surface area contributed by atoms with Crippen molar-refractivity contribution in [2.24, 2.45) is 0 Å². The van der Waals surface area contributed by atoms with Crippen LogP contribution in [0.4, 0.5) is 0 Å². The van der Waals surface area contributed by atoms with Crippen LogP contribution < -0.4 is 0 Å². The summed E-state index contributed by atoms with van der Waals surface area (Å²) in [6, 6.07) is 55.1. The van der Waals surface area contributed by atoms with Crippen LogP contribution in [0.3, 0.4) is 0 Å². The van der Waals surface area contributed by atoms with Gasteiger partial charge in [-0.05, 0) is 83.4 Å². The summed E-state index contributed by atoms with van der Waals surface area (Å²) >= 11 is 0. The molecule has 7 aromatic carbocycles. The Balaban J connectivity index is 1.22. The molecular formula is C48H30N4O. The van der Waals surface area contributed by atoms with Gasteiger partial charge in [-0.3, -0.25) is 9.55 Å². The third-order valence-corrected chi connectivity index (χ3v) is 10.6. The van der Waals surface area contributed by atoms with Gasteiger partial charge in [0, 0.05) is 49.8 Å². The molecule has 0 amide bonds. The maximum Gasteiger partial charge on any atom is 0.235 e. The minimum atomic E-state index is 0.631. The molecule has 0 radical (unpaired) electrons. The first-order chi connectivity index (χ1) is 26.2. The van der Waals surface area contributed by atoms with E-state index in [9.17, 15) is 0 Å². The molecule has 0 aliphatic rings. The van der Waals surface area contributed by atoms with E-state index in [2.05, 4.69) is 145 Å². The summed E-state index contributed by atoms with van der Waals surface area (Å²) in [5.41, 5.74) is 12.1. The summed E-state index contributed by atoms with van der Waals surface area (Å²) in [5.74, 6) is 0.631. The highest BCUT2D eigenvalue weighted by molar-refractivity contribution is 6.21. The van der Waals surface area contributed by atoms with Crippen molar-refractivity contribution >= 4 is 65.4 Å². The lowest BCUT2D eigenvalue weighted by Gasteiger charge is -2.14. The van der Waals surface area contributed by atoms with Crippen molar-refractivity contribution in [2.45, 2.75) is 6.92 Å². The fourth-order valence-electron chi connectivity index (χ4n) is 8.07. The van der Waals surface area contributed by atoms with Gasteiger partial charge in [-0.25, -0.2) is 9.97 Å². The van der Waals surface area contributed by atoms with Crippen LogP contribution >= 0.6 is 0 Å². The number of aryl methyl sites for hydroxylation is 1. The standard InChI is InChI=1S/C48H30N4O/c1-29-22-23-49-47-37(32-20-21-45-39(24-32)35-17-9-11-19-44(35)53-45)25-33-26-43-38(27-36(33)46(29)47)34-16-8-10-18-42(34)52(43)48-50-40(30-12-4-2-5-13-30)28-41(51-48)31-14-6-3-7-15-31/h2-28H,1H3. The second-order valence-electron chi connectivity index (χ2n) is 13.7. The SMILES string of the molecule is Cc1ccnc2c(-c3ccc4oc5ccccc5c4c3)cc3cc4c(cc3c12)c1ccccc1n4-c1nc(-c2ccccc2)cc(-c2ccccc2)n1. The van der Waals surface area contributed by atoms with Crippen LogP contribution in [0.2, 0.25) is 0 Å². The third kappa shape index (κ3) is 4.61. The Kier molecular flexibility index (Phi) is 6.40. The number of fused-ring (bicyclic) bond motifs is 9. The predicted octanol–water partition coefficient (Wildman–Crippen LogP) is 12.5. The Bertz CT molecular complexity index is 3180. The zero-order chi connectivity index (χ0) is 35.0. The fraction of sp³-hybridized carbons (Fsp3) is 0.0208. The topological polar surface area (TPSA) is 56.7 Å². The minimum Gasteiger partial charge on any atom is -0.456 e. The molecule has 0 fully saturated rings. The van der Waals surface area contributed by atoms with Crippen molar-refractivity contribution in [1.82, 2.24) is 19.5 Å².